The summed E-state index contributed by atoms with van der Waals surface area (Å²) in [6, 6.07) is -0.223. The van der Waals surface area contributed by atoms with Crippen molar-refractivity contribution in [3.8, 4) is 11.8 Å². The van der Waals surface area contributed by atoms with Crippen LogP contribution in [0.4, 0.5) is 0 Å². The summed E-state index contributed by atoms with van der Waals surface area (Å²) in [4.78, 5) is 23.5. The summed E-state index contributed by atoms with van der Waals surface area (Å²) in [6.45, 7) is 7.14. The Morgan fingerprint density at radius 3 is 2.52 bits per heavy atom. The molecule has 0 radical (unpaired) electrons. The quantitative estimate of drug-likeness (QED) is 0.439. The van der Waals surface area contributed by atoms with Gasteiger partial charge < -0.3 is 19.9 Å². The molecule has 1 fully saturated rings. The fourth-order valence-electron chi connectivity index (χ4n) is 2.07. The van der Waals surface area contributed by atoms with Crippen LogP contribution in [-0.4, -0.2) is 48.4 Å². The predicted octanol–water partition coefficient (Wildman–Crippen LogP) is 0.234. The SMILES string of the molecule is CCOC(=O)C#CC(O)C1(C(=O)OC(C)(C)C)CC1NC. The zero-order valence-corrected chi connectivity index (χ0v) is 13.1. The van der Waals surface area contributed by atoms with Crippen molar-refractivity contribution in [2.24, 2.45) is 5.41 Å². The first-order valence-electron chi connectivity index (χ1n) is 6.94. The van der Waals surface area contributed by atoms with Crippen LogP contribution < -0.4 is 5.32 Å². The van der Waals surface area contributed by atoms with Crippen molar-refractivity contribution in [2.45, 2.75) is 51.9 Å². The van der Waals surface area contributed by atoms with Crippen molar-refractivity contribution in [3.05, 3.63) is 0 Å². The van der Waals surface area contributed by atoms with E-state index in [-0.39, 0.29) is 12.6 Å². The molecular weight excluding hydrogens is 274 g/mol. The number of hydrogen-bond acceptors (Lipinski definition) is 6. The molecule has 118 valence electrons. The maximum absolute atomic E-state index is 12.3. The number of carbonyl (C=O) groups is 2. The third-order valence-electron chi connectivity index (χ3n) is 3.21. The highest BCUT2D eigenvalue weighted by Crippen LogP contribution is 2.50. The Morgan fingerprint density at radius 2 is 2.10 bits per heavy atom. The van der Waals surface area contributed by atoms with Crippen molar-refractivity contribution in [3.63, 3.8) is 0 Å². The van der Waals surface area contributed by atoms with Crippen LogP contribution in [0, 0.1) is 17.3 Å². The largest absolute Gasteiger partial charge is 0.459 e. The van der Waals surface area contributed by atoms with Gasteiger partial charge in [0.05, 0.1) is 6.61 Å². The van der Waals surface area contributed by atoms with Crippen LogP contribution in [0.25, 0.3) is 0 Å². The van der Waals surface area contributed by atoms with Gasteiger partial charge in [-0.25, -0.2) is 4.79 Å². The monoisotopic (exact) mass is 297 g/mol. The highest BCUT2D eigenvalue weighted by atomic mass is 16.6. The van der Waals surface area contributed by atoms with Gasteiger partial charge in [-0.1, -0.05) is 5.92 Å². The van der Waals surface area contributed by atoms with E-state index in [4.69, 9.17) is 4.74 Å². The Balaban J connectivity index is 2.87. The molecule has 0 aromatic carbocycles. The molecule has 0 saturated heterocycles. The van der Waals surface area contributed by atoms with Crippen molar-refractivity contribution in [1.82, 2.24) is 5.32 Å². The molecule has 6 heteroatoms. The minimum absolute atomic E-state index is 0.208. The number of aliphatic hydroxyl groups excluding tert-OH is 1. The zero-order chi connectivity index (χ0) is 16.3. The first-order valence-corrected chi connectivity index (χ1v) is 6.94. The second kappa shape index (κ2) is 6.46. The third kappa shape index (κ3) is 4.19. The van der Waals surface area contributed by atoms with Crippen LogP contribution in [0.3, 0.4) is 0 Å². The molecule has 0 aliphatic heterocycles. The van der Waals surface area contributed by atoms with Crippen LogP contribution >= 0.6 is 0 Å². The number of esters is 2. The van der Waals surface area contributed by atoms with E-state index in [1.165, 1.54) is 0 Å². The molecule has 3 unspecified atom stereocenters. The molecule has 0 aromatic rings. The van der Waals surface area contributed by atoms with Crippen LogP contribution in [0.15, 0.2) is 0 Å². The lowest BCUT2D eigenvalue weighted by Gasteiger charge is -2.25. The Morgan fingerprint density at radius 1 is 1.48 bits per heavy atom. The summed E-state index contributed by atoms with van der Waals surface area (Å²) in [5, 5.41) is 13.1. The minimum atomic E-state index is -1.28. The summed E-state index contributed by atoms with van der Waals surface area (Å²) in [7, 11) is 1.70. The smallest absolute Gasteiger partial charge is 0.384 e. The van der Waals surface area contributed by atoms with Gasteiger partial charge in [-0.2, -0.15) is 0 Å². The molecule has 0 bridgehead atoms. The molecule has 1 aliphatic carbocycles. The van der Waals surface area contributed by atoms with E-state index in [1.807, 2.05) is 0 Å². The summed E-state index contributed by atoms with van der Waals surface area (Å²) < 4.78 is 10.0. The van der Waals surface area contributed by atoms with E-state index in [9.17, 15) is 14.7 Å². The molecule has 0 heterocycles. The molecule has 0 spiro atoms. The maximum Gasteiger partial charge on any atom is 0.384 e. The topological polar surface area (TPSA) is 84.9 Å². The zero-order valence-electron chi connectivity index (χ0n) is 13.1. The van der Waals surface area contributed by atoms with Gasteiger partial charge in [-0.15, -0.1) is 0 Å². The minimum Gasteiger partial charge on any atom is -0.459 e. The van der Waals surface area contributed by atoms with Gasteiger partial charge in [0, 0.05) is 12.0 Å². The lowest BCUT2D eigenvalue weighted by Crippen LogP contribution is -2.40. The van der Waals surface area contributed by atoms with Gasteiger partial charge in [0.25, 0.3) is 0 Å². The fraction of sp³-hybridized carbons (Fsp3) is 0.733. The highest BCUT2D eigenvalue weighted by Gasteiger charge is 2.65. The molecule has 1 aliphatic rings. The summed E-state index contributed by atoms with van der Waals surface area (Å²) in [5.74, 6) is 3.35. The maximum atomic E-state index is 12.3. The van der Waals surface area contributed by atoms with Crippen molar-refractivity contribution >= 4 is 11.9 Å². The highest BCUT2D eigenvalue weighted by molar-refractivity contribution is 5.89. The summed E-state index contributed by atoms with van der Waals surface area (Å²) in [5.41, 5.74) is -1.78. The first kappa shape index (κ1) is 17.5. The third-order valence-corrected chi connectivity index (χ3v) is 3.21. The van der Waals surface area contributed by atoms with E-state index in [1.54, 1.807) is 34.7 Å². The second-order valence-corrected chi connectivity index (χ2v) is 5.98. The van der Waals surface area contributed by atoms with Gasteiger partial charge in [0.15, 0.2) is 0 Å². The molecule has 2 N–H and O–H groups in total. The van der Waals surface area contributed by atoms with E-state index in [0.717, 1.165) is 0 Å². The lowest BCUT2D eigenvalue weighted by atomic mass is 9.98. The van der Waals surface area contributed by atoms with E-state index >= 15 is 0 Å². The number of nitrogens with one attached hydrogen (secondary N) is 1. The van der Waals surface area contributed by atoms with Crippen LogP contribution in [-0.2, 0) is 19.1 Å². The van der Waals surface area contributed by atoms with Crippen molar-refractivity contribution < 1.29 is 24.2 Å². The fourth-order valence-corrected chi connectivity index (χ4v) is 2.07. The molecule has 0 amide bonds. The molecule has 0 aromatic heterocycles. The van der Waals surface area contributed by atoms with Gasteiger partial charge in [-0.3, -0.25) is 4.79 Å². The van der Waals surface area contributed by atoms with E-state index in [2.05, 4.69) is 21.9 Å². The van der Waals surface area contributed by atoms with Gasteiger partial charge in [0.1, 0.15) is 17.1 Å². The Hall–Kier alpha value is -1.58. The number of carbonyl (C=O) groups excluding carboxylic acids is 2. The van der Waals surface area contributed by atoms with Crippen molar-refractivity contribution in [2.75, 3.05) is 13.7 Å². The number of hydrogen-bond donors (Lipinski definition) is 2. The van der Waals surface area contributed by atoms with E-state index < -0.39 is 29.1 Å². The standard InChI is InChI=1S/C15H23NO5/c1-6-20-12(18)8-7-11(17)15(9-10(15)16-5)13(19)21-14(2,3)4/h10-11,16-17H,6,9H2,1-5H3. The van der Waals surface area contributed by atoms with E-state index in [0.29, 0.717) is 6.42 Å². The van der Waals surface area contributed by atoms with Crippen molar-refractivity contribution in [1.29, 1.82) is 0 Å². The Bertz CT molecular complexity index is 471. The average Bonchev–Trinajstić information content (AvgIpc) is 3.10. The molecule has 1 rings (SSSR count). The molecule has 21 heavy (non-hydrogen) atoms. The number of ether oxygens (including phenoxy) is 2. The van der Waals surface area contributed by atoms with Gasteiger partial charge in [-0.05, 0) is 41.2 Å². The predicted molar refractivity (Wildman–Crippen MR) is 76.2 cm³/mol. The van der Waals surface area contributed by atoms with Crippen LogP contribution in [0.2, 0.25) is 0 Å². The molecule has 1 saturated carbocycles. The molecular formula is C15H23NO5. The van der Waals surface area contributed by atoms with Gasteiger partial charge in [0.2, 0.25) is 0 Å². The average molecular weight is 297 g/mol. The normalized spacial score (nSPS) is 25.3. The molecule has 3 atom stereocenters. The Labute approximate surface area is 125 Å². The lowest BCUT2D eigenvalue weighted by molar-refractivity contribution is -0.165. The van der Waals surface area contributed by atoms with Crippen LogP contribution in [0.5, 0.6) is 0 Å². The summed E-state index contributed by atoms with van der Waals surface area (Å²) in [6.07, 6.45) is -0.869. The first-order chi connectivity index (χ1) is 9.67. The number of aliphatic hydroxyl groups is 1. The summed E-state index contributed by atoms with van der Waals surface area (Å²) >= 11 is 0. The second-order valence-electron chi connectivity index (χ2n) is 5.98. The van der Waals surface area contributed by atoms with Gasteiger partial charge >= 0.3 is 11.9 Å². The molecule has 6 nitrogen and oxygen atoms in total. The Kier molecular flexibility index (Phi) is 5.37. The number of rotatable bonds is 4. The van der Waals surface area contributed by atoms with Crippen LogP contribution in [0.1, 0.15) is 34.1 Å².